The lowest BCUT2D eigenvalue weighted by Crippen LogP contribution is -2.45. The largest absolute Gasteiger partial charge is 0.377 e. The minimum Gasteiger partial charge on any atom is -0.377 e. The minimum absolute atomic E-state index is 0.140. The van der Waals surface area contributed by atoms with Crippen molar-refractivity contribution in [3.8, 4) is 5.69 Å². The fourth-order valence-electron chi connectivity index (χ4n) is 4.15. The van der Waals surface area contributed by atoms with Crippen LogP contribution in [0, 0.1) is 6.92 Å². The Bertz CT molecular complexity index is 1270. The lowest BCUT2D eigenvalue weighted by molar-refractivity contribution is -0.119. The van der Waals surface area contributed by atoms with Crippen LogP contribution in [0.2, 0.25) is 5.02 Å². The zero-order valence-corrected chi connectivity index (χ0v) is 20.3. The van der Waals surface area contributed by atoms with Gasteiger partial charge in [-0.15, -0.1) is 0 Å². The molecule has 1 aliphatic heterocycles. The summed E-state index contributed by atoms with van der Waals surface area (Å²) in [5, 5.41) is 6.33. The summed E-state index contributed by atoms with van der Waals surface area (Å²) in [6, 6.07) is 16.0. The Morgan fingerprint density at radius 1 is 1.09 bits per heavy atom. The molecule has 0 saturated carbocycles. The van der Waals surface area contributed by atoms with E-state index in [1.165, 1.54) is 15.5 Å². The van der Waals surface area contributed by atoms with Crippen LogP contribution in [0.5, 0.6) is 0 Å². The van der Waals surface area contributed by atoms with Crippen molar-refractivity contribution < 1.29 is 14.3 Å². The Labute approximate surface area is 208 Å². The van der Waals surface area contributed by atoms with Gasteiger partial charge in [-0.2, -0.15) is 0 Å². The van der Waals surface area contributed by atoms with Gasteiger partial charge < -0.3 is 20.3 Å². The smallest absolute Gasteiger partial charge is 0.322 e. The maximum atomic E-state index is 13.3. The van der Waals surface area contributed by atoms with E-state index in [0.717, 1.165) is 5.56 Å². The number of hydrogen-bond donors (Lipinski definition) is 2. The molecule has 8 nitrogen and oxygen atoms in total. The summed E-state index contributed by atoms with van der Waals surface area (Å²) >= 11 is 5.93. The van der Waals surface area contributed by atoms with Gasteiger partial charge in [-0.25, -0.2) is 4.79 Å². The lowest BCUT2D eigenvalue weighted by atomic mass is 10.1. The Hall–Kier alpha value is -3.62. The second-order valence-electron chi connectivity index (χ2n) is 8.32. The predicted octanol–water partition coefficient (Wildman–Crippen LogP) is 4.45. The summed E-state index contributed by atoms with van der Waals surface area (Å²) in [6.07, 6.45) is 1.85. The summed E-state index contributed by atoms with van der Waals surface area (Å²) < 4.78 is 7.26. The van der Waals surface area contributed by atoms with E-state index >= 15 is 0 Å². The van der Waals surface area contributed by atoms with Gasteiger partial charge in [0.1, 0.15) is 6.04 Å². The first-order valence-corrected chi connectivity index (χ1v) is 11.8. The number of carbonyl (C=O) groups is 2. The van der Waals surface area contributed by atoms with Crippen molar-refractivity contribution >= 4 is 34.9 Å². The molecular formula is C26H27ClN4O4. The molecule has 1 aromatic heterocycles. The number of amides is 3. The molecule has 1 fully saturated rings. The number of anilines is 2. The summed E-state index contributed by atoms with van der Waals surface area (Å²) in [4.78, 5) is 39.9. The van der Waals surface area contributed by atoms with Gasteiger partial charge in [0.25, 0.3) is 5.56 Å². The molecule has 2 N–H and O–H groups in total. The Morgan fingerprint density at radius 3 is 2.54 bits per heavy atom. The molecular weight excluding hydrogens is 468 g/mol. The average molecular weight is 495 g/mol. The van der Waals surface area contributed by atoms with Crippen molar-refractivity contribution in [2.24, 2.45) is 0 Å². The Balaban J connectivity index is 1.50. The molecule has 35 heavy (non-hydrogen) atoms. The predicted molar refractivity (Wildman–Crippen MR) is 136 cm³/mol. The number of pyridine rings is 1. The minimum atomic E-state index is -0.699. The quantitative estimate of drug-likeness (QED) is 0.529. The molecule has 2 atom stereocenters. The first-order valence-electron chi connectivity index (χ1n) is 11.4. The number of halogens is 1. The highest BCUT2D eigenvalue weighted by atomic mass is 35.5. The number of urea groups is 1. The molecule has 4 rings (SSSR count). The van der Waals surface area contributed by atoms with Crippen molar-refractivity contribution in [1.82, 2.24) is 9.47 Å². The molecule has 1 aliphatic rings. The SMILES string of the molecule is CCO[C@@H]1C[C@H](C(=O)Nc2ccc(-n3ccccc3=O)cc2C)N(C(=O)Nc2ccc(Cl)cc2)C1. The third kappa shape index (κ3) is 5.72. The number of nitrogens with one attached hydrogen (secondary N) is 2. The number of rotatable bonds is 6. The molecule has 2 heterocycles. The van der Waals surface area contributed by atoms with Crippen LogP contribution in [0.3, 0.4) is 0 Å². The zero-order valence-electron chi connectivity index (χ0n) is 19.5. The van der Waals surface area contributed by atoms with Crippen LogP contribution >= 0.6 is 11.6 Å². The van der Waals surface area contributed by atoms with E-state index < -0.39 is 6.04 Å². The van der Waals surface area contributed by atoms with Gasteiger partial charge in [0.2, 0.25) is 5.91 Å². The summed E-state index contributed by atoms with van der Waals surface area (Å²) in [7, 11) is 0. The van der Waals surface area contributed by atoms with Crippen molar-refractivity contribution in [2.45, 2.75) is 32.4 Å². The van der Waals surface area contributed by atoms with Gasteiger partial charge in [-0.3, -0.25) is 14.2 Å². The van der Waals surface area contributed by atoms with Gasteiger partial charge in [0.15, 0.2) is 0 Å². The Kier molecular flexibility index (Phi) is 7.53. The van der Waals surface area contributed by atoms with Crippen LogP contribution < -0.4 is 16.2 Å². The van der Waals surface area contributed by atoms with E-state index in [2.05, 4.69) is 10.6 Å². The van der Waals surface area contributed by atoms with Crippen molar-refractivity contribution in [1.29, 1.82) is 0 Å². The van der Waals surface area contributed by atoms with Crippen LogP contribution in [0.4, 0.5) is 16.2 Å². The van der Waals surface area contributed by atoms with E-state index in [1.807, 2.05) is 19.9 Å². The van der Waals surface area contributed by atoms with Crippen LogP contribution in [-0.4, -0.2) is 46.7 Å². The van der Waals surface area contributed by atoms with Gasteiger partial charge in [0.05, 0.1) is 6.10 Å². The fraction of sp³-hybridized carbons (Fsp3) is 0.269. The van der Waals surface area contributed by atoms with Gasteiger partial charge >= 0.3 is 6.03 Å². The molecule has 0 unspecified atom stereocenters. The normalized spacial score (nSPS) is 17.3. The number of likely N-dealkylation sites (tertiary alicyclic amines) is 1. The number of nitrogens with zero attached hydrogens (tertiary/aromatic N) is 2. The molecule has 9 heteroatoms. The summed E-state index contributed by atoms with van der Waals surface area (Å²) in [6.45, 7) is 4.54. The van der Waals surface area contributed by atoms with Crippen LogP contribution in [0.1, 0.15) is 18.9 Å². The monoisotopic (exact) mass is 494 g/mol. The standard InChI is InChI=1S/C26H27ClN4O4/c1-3-35-21-15-23(31(16-21)26(34)28-19-9-7-18(27)8-10-19)25(33)29-22-12-11-20(14-17(22)2)30-13-5-4-6-24(30)32/h4-14,21,23H,3,15-16H2,1-2H3,(H,28,34)(H,29,33)/t21-,23-/m1/s1. The van der Waals surface area contributed by atoms with Gasteiger partial charge in [0, 0.05) is 53.9 Å². The fourth-order valence-corrected chi connectivity index (χ4v) is 4.28. The van der Waals surface area contributed by atoms with E-state index in [1.54, 1.807) is 54.7 Å². The molecule has 0 spiro atoms. The number of hydrogen-bond acceptors (Lipinski definition) is 4. The molecule has 3 amide bonds. The lowest BCUT2D eigenvalue weighted by Gasteiger charge is -2.24. The number of benzene rings is 2. The first kappa shape index (κ1) is 24.5. The maximum Gasteiger partial charge on any atom is 0.322 e. The van der Waals surface area contributed by atoms with Crippen LogP contribution in [0.15, 0.2) is 71.7 Å². The molecule has 1 saturated heterocycles. The van der Waals surface area contributed by atoms with Crippen LogP contribution in [-0.2, 0) is 9.53 Å². The number of carbonyl (C=O) groups excluding carboxylic acids is 2. The number of ether oxygens (including phenoxy) is 1. The summed E-state index contributed by atoms with van der Waals surface area (Å²) in [5.74, 6) is -0.300. The van der Waals surface area contributed by atoms with E-state index in [0.29, 0.717) is 41.7 Å². The molecule has 2 aromatic carbocycles. The van der Waals surface area contributed by atoms with Crippen molar-refractivity contribution in [2.75, 3.05) is 23.8 Å². The van der Waals surface area contributed by atoms with Gasteiger partial charge in [-0.1, -0.05) is 17.7 Å². The van der Waals surface area contributed by atoms with E-state index in [9.17, 15) is 14.4 Å². The Morgan fingerprint density at radius 2 is 1.86 bits per heavy atom. The average Bonchev–Trinajstić information content (AvgIpc) is 3.27. The highest BCUT2D eigenvalue weighted by molar-refractivity contribution is 6.30. The topological polar surface area (TPSA) is 92.7 Å². The maximum absolute atomic E-state index is 13.3. The van der Waals surface area contributed by atoms with E-state index in [-0.39, 0.29) is 23.6 Å². The van der Waals surface area contributed by atoms with Crippen molar-refractivity contribution in [3.63, 3.8) is 0 Å². The number of aryl methyl sites for hydroxylation is 1. The zero-order chi connectivity index (χ0) is 24.9. The highest BCUT2D eigenvalue weighted by Crippen LogP contribution is 2.25. The second-order valence-corrected chi connectivity index (χ2v) is 8.75. The third-order valence-electron chi connectivity index (χ3n) is 5.89. The van der Waals surface area contributed by atoms with Crippen LogP contribution in [0.25, 0.3) is 5.69 Å². The molecule has 0 radical (unpaired) electrons. The molecule has 182 valence electrons. The highest BCUT2D eigenvalue weighted by Gasteiger charge is 2.40. The molecule has 3 aromatic rings. The summed E-state index contributed by atoms with van der Waals surface area (Å²) in [5.41, 5.74) is 2.55. The van der Waals surface area contributed by atoms with Crippen molar-refractivity contribution in [3.05, 3.63) is 87.8 Å². The molecule has 0 aliphatic carbocycles. The molecule has 0 bridgehead atoms. The third-order valence-corrected chi connectivity index (χ3v) is 6.14. The second kappa shape index (κ2) is 10.8. The number of aromatic nitrogens is 1. The van der Waals surface area contributed by atoms with E-state index in [4.69, 9.17) is 16.3 Å². The van der Waals surface area contributed by atoms with Gasteiger partial charge in [-0.05, 0) is 67.9 Å². The first-order chi connectivity index (χ1) is 16.9.